The van der Waals surface area contributed by atoms with Crippen LogP contribution in [0.25, 0.3) is 0 Å². The van der Waals surface area contributed by atoms with E-state index < -0.39 is 0 Å². The molecular weight excluding hydrogens is 300 g/mol. The minimum Gasteiger partial charge on any atom is -0.381 e. The van der Waals surface area contributed by atoms with Gasteiger partial charge in [-0.2, -0.15) is 0 Å². The molecule has 0 bridgehead atoms. The molecule has 1 heterocycles. The molecule has 0 amide bonds. The summed E-state index contributed by atoms with van der Waals surface area (Å²) in [6.07, 6.45) is 3.62. The summed E-state index contributed by atoms with van der Waals surface area (Å²) in [5.74, 6) is 0. The average Bonchev–Trinajstić information content (AvgIpc) is 2.30. The summed E-state index contributed by atoms with van der Waals surface area (Å²) in [6, 6.07) is 7.87. The molecule has 0 aliphatic rings. The Morgan fingerprint density at radius 2 is 2.12 bits per heavy atom. The van der Waals surface area contributed by atoms with E-state index in [2.05, 4.69) is 33.2 Å². The lowest BCUT2D eigenvalue weighted by Crippen LogP contribution is -2.01. The third-order valence-electron chi connectivity index (χ3n) is 2.44. The number of nitrogens with zero attached hydrogens (tertiary/aromatic N) is 1. The van der Waals surface area contributed by atoms with Crippen LogP contribution in [0.4, 0.5) is 5.69 Å². The molecule has 0 unspecified atom stereocenters. The van der Waals surface area contributed by atoms with Crippen molar-refractivity contribution in [3.8, 4) is 0 Å². The molecule has 0 aliphatic carbocycles. The van der Waals surface area contributed by atoms with Gasteiger partial charge >= 0.3 is 0 Å². The third kappa shape index (κ3) is 3.45. The summed E-state index contributed by atoms with van der Waals surface area (Å²) in [6.45, 7) is 2.78. The second-order valence-corrected chi connectivity index (χ2v) is 5.18. The first kappa shape index (κ1) is 12.4. The van der Waals surface area contributed by atoms with E-state index in [1.807, 2.05) is 30.5 Å². The second-order valence-electron chi connectivity index (χ2n) is 3.82. The predicted octanol–water partition coefficient (Wildman–Crippen LogP) is 4.42. The molecule has 0 aliphatic heterocycles. The lowest BCUT2D eigenvalue weighted by molar-refractivity contribution is 1.10. The van der Waals surface area contributed by atoms with Gasteiger partial charge in [0, 0.05) is 34.1 Å². The van der Waals surface area contributed by atoms with Crippen LogP contribution in [0, 0.1) is 6.92 Å². The molecular formula is C13H12BrClN2. The first-order valence-corrected chi connectivity index (χ1v) is 6.42. The number of halogens is 2. The highest BCUT2D eigenvalue weighted by Gasteiger charge is 2.00. The van der Waals surface area contributed by atoms with E-state index in [9.17, 15) is 0 Å². The number of hydrogen-bond donors (Lipinski definition) is 1. The Hall–Kier alpha value is -1.06. The maximum Gasteiger partial charge on any atom is 0.0426 e. The van der Waals surface area contributed by atoms with E-state index in [1.54, 1.807) is 6.20 Å². The van der Waals surface area contributed by atoms with E-state index >= 15 is 0 Å². The van der Waals surface area contributed by atoms with E-state index in [0.29, 0.717) is 0 Å². The van der Waals surface area contributed by atoms with E-state index in [0.717, 1.165) is 27.3 Å². The van der Waals surface area contributed by atoms with Crippen molar-refractivity contribution in [3.63, 3.8) is 0 Å². The van der Waals surface area contributed by atoms with E-state index in [1.165, 1.54) is 5.56 Å². The number of benzene rings is 1. The van der Waals surface area contributed by atoms with Crippen LogP contribution in [0.15, 0.2) is 41.1 Å². The van der Waals surface area contributed by atoms with Crippen molar-refractivity contribution in [2.24, 2.45) is 0 Å². The number of anilines is 1. The zero-order valence-electron chi connectivity index (χ0n) is 9.37. The summed E-state index contributed by atoms with van der Waals surface area (Å²) < 4.78 is 0.986. The molecule has 0 saturated carbocycles. The van der Waals surface area contributed by atoms with Gasteiger partial charge < -0.3 is 5.32 Å². The molecule has 0 spiro atoms. The van der Waals surface area contributed by atoms with Crippen LogP contribution in [0.2, 0.25) is 5.02 Å². The normalized spacial score (nSPS) is 10.3. The van der Waals surface area contributed by atoms with Crippen LogP contribution < -0.4 is 5.32 Å². The third-order valence-corrected chi connectivity index (χ3v) is 3.11. The Kier molecular flexibility index (Phi) is 4.02. The fourth-order valence-corrected chi connectivity index (χ4v) is 2.12. The van der Waals surface area contributed by atoms with Gasteiger partial charge in [0.2, 0.25) is 0 Å². The highest BCUT2D eigenvalue weighted by Crippen LogP contribution is 2.21. The van der Waals surface area contributed by atoms with Crippen LogP contribution in [-0.4, -0.2) is 4.98 Å². The van der Waals surface area contributed by atoms with Gasteiger partial charge in [-0.05, 0) is 52.2 Å². The van der Waals surface area contributed by atoms with Gasteiger partial charge in [-0.15, -0.1) is 0 Å². The zero-order chi connectivity index (χ0) is 12.3. The lowest BCUT2D eigenvalue weighted by Gasteiger charge is -2.10. The van der Waals surface area contributed by atoms with Gasteiger partial charge in [0.05, 0.1) is 0 Å². The largest absolute Gasteiger partial charge is 0.381 e. The minimum absolute atomic E-state index is 0.730. The fraction of sp³-hybridized carbons (Fsp3) is 0.154. The number of hydrogen-bond acceptors (Lipinski definition) is 2. The van der Waals surface area contributed by atoms with Crippen molar-refractivity contribution in [2.45, 2.75) is 13.5 Å². The average molecular weight is 312 g/mol. The Morgan fingerprint density at radius 3 is 2.88 bits per heavy atom. The predicted molar refractivity (Wildman–Crippen MR) is 75.5 cm³/mol. The molecule has 1 N–H and O–H groups in total. The van der Waals surface area contributed by atoms with Crippen molar-refractivity contribution in [3.05, 3.63) is 57.3 Å². The monoisotopic (exact) mass is 310 g/mol. The number of rotatable bonds is 3. The van der Waals surface area contributed by atoms with Crippen molar-refractivity contribution in [1.29, 1.82) is 0 Å². The summed E-state index contributed by atoms with van der Waals surface area (Å²) in [5.41, 5.74) is 3.36. The number of nitrogens with one attached hydrogen (secondary N) is 1. The van der Waals surface area contributed by atoms with Crippen LogP contribution in [-0.2, 0) is 6.54 Å². The quantitative estimate of drug-likeness (QED) is 0.907. The van der Waals surface area contributed by atoms with Crippen molar-refractivity contribution < 1.29 is 0 Å². The van der Waals surface area contributed by atoms with Crippen LogP contribution >= 0.6 is 27.5 Å². The Bertz CT molecular complexity index is 529. The first-order chi connectivity index (χ1) is 8.15. The fourth-order valence-electron chi connectivity index (χ4n) is 1.53. The van der Waals surface area contributed by atoms with Crippen LogP contribution in [0.1, 0.15) is 11.1 Å². The molecule has 2 aromatic rings. The molecule has 0 saturated heterocycles. The van der Waals surface area contributed by atoms with Gasteiger partial charge in [0.15, 0.2) is 0 Å². The Labute approximate surface area is 114 Å². The van der Waals surface area contributed by atoms with Gasteiger partial charge in [0.1, 0.15) is 0 Å². The summed E-state index contributed by atoms with van der Waals surface area (Å²) in [4.78, 5) is 4.12. The Balaban J connectivity index is 2.09. The topological polar surface area (TPSA) is 24.9 Å². The molecule has 1 aromatic heterocycles. The van der Waals surface area contributed by atoms with Crippen LogP contribution in [0.3, 0.4) is 0 Å². The van der Waals surface area contributed by atoms with Crippen molar-refractivity contribution >= 4 is 33.2 Å². The molecule has 88 valence electrons. The highest BCUT2D eigenvalue weighted by molar-refractivity contribution is 9.10. The molecule has 2 nitrogen and oxygen atoms in total. The first-order valence-electron chi connectivity index (χ1n) is 5.24. The SMILES string of the molecule is Cc1ccc(Cl)cc1NCc1cncc(Br)c1. The van der Waals surface area contributed by atoms with E-state index in [4.69, 9.17) is 11.6 Å². The molecule has 0 atom stereocenters. The standard InChI is InChI=1S/C13H12BrClN2/c1-9-2-3-12(15)5-13(9)17-7-10-4-11(14)8-16-6-10/h2-6,8,17H,7H2,1H3. The lowest BCUT2D eigenvalue weighted by atomic mass is 10.2. The molecule has 17 heavy (non-hydrogen) atoms. The number of pyridine rings is 1. The Morgan fingerprint density at radius 1 is 1.29 bits per heavy atom. The van der Waals surface area contributed by atoms with Gasteiger partial charge in [-0.25, -0.2) is 0 Å². The highest BCUT2D eigenvalue weighted by atomic mass is 79.9. The van der Waals surface area contributed by atoms with Crippen LogP contribution in [0.5, 0.6) is 0 Å². The number of aryl methyl sites for hydroxylation is 1. The summed E-state index contributed by atoms with van der Waals surface area (Å²) in [5, 5.41) is 4.09. The summed E-state index contributed by atoms with van der Waals surface area (Å²) >= 11 is 9.37. The second kappa shape index (κ2) is 5.52. The molecule has 0 radical (unpaired) electrons. The van der Waals surface area contributed by atoms with Gasteiger partial charge in [-0.1, -0.05) is 17.7 Å². The maximum atomic E-state index is 5.96. The molecule has 0 fully saturated rings. The minimum atomic E-state index is 0.730. The van der Waals surface area contributed by atoms with E-state index in [-0.39, 0.29) is 0 Å². The molecule has 1 aromatic carbocycles. The van der Waals surface area contributed by atoms with Crippen molar-refractivity contribution in [1.82, 2.24) is 4.98 Å². The smallest absolute Gasteiger partial charge is 0.0426 e. The molecule has 2 rings (SSSR count). The van der Waals surface area contributed by atoms with Gasteiger partial charge in [-0.3, -0.25) is 4.98 Å². The zero-order valence-corrected chi connectivity index (χ0v) is 11.7. The van der Waals surface area contributed by atoms with Gasteiger partial charge in [0.25, 0.3) is 0 Å². The summed E-state index contributed by atoms with van der Waals surface area (Å²) in [7, 11) is 0. The van der Waals surface area contributed by atoms with Crippen molar-refractivity contribution in [2.75, 3.05) is 5.32 Å². The number of aromatic nitrogens is 1. The molecule has 4 heteroatoms. The maximum absolute atomic E-state index is 5.96.